The molecule has 1 aromatic carbocycles. The lowest BCUT2D eigenvalue weighted by atomic mass is 9.86. The Labute approximate surface area is 211 Å². The molecule has 0 radical (unpaired) electrons. The van der Waals surface area contributed by atoms with E-state index in [0.29, 0.717) is 23.6 Å². The Morgan fingerprint density at radius 1 is 1.17 bits per heavy atom. The van der Waals surface area contributed by atoms with Gasteiger partial charge in [-0.3, -0.25) is 0 Å². The highest BCUT2D eigenvalue weighted by molar-refractivity contribution is 5.99. The molecule has 36 heavy (non-hydrogen) atoms. The fraction of sp³-hybridized carbons (Fsp3) is 0.517. The van der Waals surface area contributed by atoms with E-state index in [2.05, 4.69) is 10.6 Å². The number of hydrogen-bond acceptors (Lipinski definition) is 5. The fourth-order valence-corrected chi connectivity index (χ4v) is 5.69. The second-order valence-electron chi connectivity index (χ2n) is 10.9. The smallest absolute Gasteiger partial charge is 0.339 e. The minimum Gasteiger partial charge on any atom is -0.490 e. The second-order valence-corrected chi connectivity index (χ2v) is 10.9. The van der Waals surface area contributed by atoms with E-state index in [0.717, 1.165) is 71.9 Å². The summed E-state index contributed by atoms with van der Waals surface area (Å²) in [5.41, 5.74) is 6.16. The maximum Gasteiger partial charge on any atom is 0.339 e. The molecule has 0 amide bonds. The molecule has 2 aliphatic heterocycles. The maximum atomic E-state index is 15.5. The van der Waals surface area contributed by atoms with Crippen molar-refractivity contribution in [1.29, 1.82) is 0 Å². The van der Waals surface area contributed by atoms with Crippen molar-refractivity contribution in [3.8, 4) is 16.9 Å². The van der Waals surface area contributed by atoms with Crippen LogP contribution in [-0.2, 0) is 33.7 Å². The Kier molecular flexibility index (Phi) is 6.31. The SMILES string of the molecule is COC(=O)C(OC(C)(C)C)c1c(C)nc2c(cc3n2CCCC3)c1-c1cc(F)c2c(c1C)CCCO2. The largest absolute Gasteiger partial charge is 0.490 e. The first-order valence-electron chi connectivity index (χ1n) is 12.8. The number of ether oxygens (including phenoxy) is 3. The number of aryl methyl sites for hydroxylation is 3. The Morgan fingerprint density at radius 3 is 2.67 bits per heavy atom. The molecule has 1 unspecified atom stereocenters. The summed E-state index contributed by atoms with van der Waals surface area (Å²) in [4.78, 5) is 18.2. The highest BCUT2D eigenvalue weighted by Crippen LogP contribution is 2.45. The van der Waals surface area contributed by atoms with Crippen LogP contribution in [0.2, 0.25) is 0 Å². The van der Waals surface area contributed by atoms with Gasteiger partial charge in [-0.15, -0.1) is 0 Å². The van der Waals surface area contributed by atoms with Crippen molar-refractivity contribution in [2.24, 2.45) is 0 Å². The van der Waals surface area contributed by atoms with Crippen molar-refractivity contribution < 1.29 is 23.4 Å². The Hall–Kier alpha value is -2.93. The van der Waals surface area contributed by atoms with Gasteiger partial charge in [-0.2, -0.15) is 0 Å². The van der Waals surface area contributed by atoms with Gasteiger partial charge in [-0.1, -0.05) is 0 Å². The molecule has 192 valence electrons. The first-order valence-corrected chi connectivity index (χ1v) is 12.8. The third kappa shape index (κ3) is 4.17. The Bertz CT molecular complexity index is 1350. The number of benzene rings is 1. The first kappa shape index (κ1) is 24.8. The van der Waals surface area contributed by atoms with Crippen LogP contribution in [-0.4, -0.2) is 34.8 Å². The lowest BCUT2D eigenvalue weighted by molar-refractivity contribution is -0.164. The third-order valence-corrected chi connectivity index (χ3v) is 7.28. The number of nitrogens with zero attached hydrogens (tertiary/aromatic N) is 2. The summed E-state index contributed by atoms with van der Waals surface area (Å²) in [6.07, 6.45) is 3.77. The number of carbonyl (C=O) groups is 1. The Balaban J connectivity index is 1.88. The van der Waals surface area contributed by atoms with Gasteiger partial charge in [0.25, 0.3) is 0 Å². The summed E-state index contributed by atoms with van der Waals surface area (Å²) in [5.74, 6) is -0.536. The number of halogens is 1. The van der Waals surface area contributed by atoms with E-state index in [1.165, 1.54) is 12.8 Å². The summed E-state index contributed by atoms with van der Waals surface area (Å²) in [5, 5.41) is 0.915. The van der Waals surface area contributed by atoms with E-state index >= 15 is 4.39 Å². The number of carbonyl (C=O) groups excluding carboxylic acids is 1. The molecule has 7 heteroatoms. The van der Waals surface area contributed by atoms with E-state index in [4.69, 9.17) is 19.2 Å². The standard InChI is InChI=1S/C29H35FN2O4/c1-16-19-11-9-13-35-25(19)22(30)15-20(16)24-21-14-18-10-7-8-12-32(18)27(21)31-17(2)23(24)26(28(33)34-6)36-29(3,4)5/h14-15,26H,7-13H2,1-6H3. The fourth-order valence-electron chi connectivity index (χ4n) is 5.69. The van der Waals surface area contributed by atoms with Gasteiger partial charge in [0, 0.05) is 40.0 Å². The van der Waals surface area contributed by atoms with Gasteiger partial charge in [-0.25, -0.2) is 14.2 Å². The number of methoxy groups -OCH3 is 1. The van der Waals surface area contributed by atoms with Gasteiger partial charge in [0.15, 0.2) is 17.7 Å². The van der Waals surface area contributed by atoms with Crippen molar-refractivity contribution in [3.63, 3.8) is 0 Å². The highest BCUT2D eigenvalue weighted by Gasteiger charge is 2.35. The van der Waals surface area contributed by atoms with Crippen molar-refractivity contribution in [1.82, 2.24) is 9.55 Å². The van der Waals surface area contributed by atoms with Gasteiger partial charge >= 0.3 is 5.97 Å². The Morgan fingerprint density at radius 2 is 1.94 bits per heavy atom. The maximum absolute atomic E-state index is 15.5. The molecule has 2 aliphatic rings. The number of esters is 1. The molecular formula is C29H35FN2O4. The summed E-state index contributed by atoms with van der Waals surface area (Å²) < 4.78 is 35.0. The minimum absolute atomic E-state index is 0.345. The van der Waals surface area contributed by atoms with Gasteiger partial charge in [0.05, 0.1) is 19.3 Å². The van der Waals surface area contributed by atoms with Gasteiger partial charge in [0.2, 0.25) is 0 Å². The lowest BCUT2D eigenvalue weighted by Crippen LogP contribution is -2.29. The monoisotopic (exact) mass is 494 g/mol. The van der Waals surface area contributed by atoms with Crippen LogP contribution >= 0.6 is 0 Å². The van der Waals surface area contributed by atoms with Crippen LogP contribution in [0, 0.1) is 19.7 Å². The first-order chi connectivity index (χ1) is 17.1. The van der Waals surface area contributed by atoms with E-state index < -0.39 is 17.7 Å². The van der Waals surface area contributed by atoms with Crippen molar-refractivity contribution in [3.05, 3.63) is 46.0 Å². The number of aromatic nitrogens is 2. The number of hydrogen-bond donors (Lipinski definition) is 0. The lowest BCUT2D eigenvalue weighted by Gasteiger charge is -2.29. The van der Waals surface area contributed by atoms with Crippen LogP contribution in [0.4, 0.5) is 4.39 Å². The van der Waals surface area contributed by atoms with Gasteiger partial charge < -0.3 is 18.8 Å². The molecule has 0 spiro atoms. The molecule has 0 aliphatic carbocycles. The predicted octanol–water partition coefficient (Wildman–Crippen LogP) is 6.15. The molecular weight excluding hydrogens is 459 g/mol. The molecule has 0 bridgehead atoms. The van der Waals surface area contributed by atoms with Crippen molar-refractivity contribution in [2.75, 3.05) is 13.7 Å². The molecule has 1 atom stereocenters. The van der Waals surface area contributed by atoms with Crippen molar-refractivity contribution >= 4 is 17.0 Å². The van der Waals surface area contributed by atoms with Crippen LogP contribution in [0.25, 0.3) is 22.2 Å². The molecule has 4 heterocycles. The number of pyridine rings is 1. The average Bonchev–Trinajstić information content (AvgIpc) is 3.21. The summed E-state index contributed by atoms with van der Waals surface area (Å²) >= 11 is 0. The molecule has 5 rings (SSSR count). The summed E-state index contributed by atoms with van der Waals surface area (Å²) in [6.45, 7) is 11.0. The third-order valence-electron chi connectivity index (χ3n) is 7.28. The zero-order valence-corrected chi connectivity index (χ0v) is 22.1. The molecule has 0 fully saturated rings. The summed E-state index contributed by atoms with van der Waals surface area (Å²) in [7, 11) is 1.36. The molecule has 0 saturated heterocycles. The zero-order valence-electron chi connectivity index (χ0n) is 22.1. The van der Waals surface area contributed by atoms with E-state index in [-0.39, 0.29) is 5.82 Å². The normalized spacial score (nSPS) is 16.3. The number of fused-ring (bicyclic) bond motifs is 4. The van der Waals surface area contributed by atoms with E-state index in [1.54, 1.807) is 6.07 Å². The van der Waals surface area contributed by atoms with E-state index in [1.807, 2.05) is 34.6 Å². The molecule has 0 saturated carbocycles. The molecule has 2 aromatic heterocycles. The van der Waals surface area contributed by atoms with Crippen LogP contribution < -0.4 is 4.74 Å². The van der Waals surface area contributed by atoms with Gasteiger partial charge in [-0.05, 0) is 90.0 Å². The second kappa shape index (κ2) is 9.18. The average molecular weight is 495 g/mol. The van der Waals surface area contributed by atoms with Crippen LogP contribution in [0.3, 0.4) is 0 Å². The van der Waals surface area contributed by atoms with Crippen LogP contribution in [0.5, 0.6) is 5.75 Å². The molecule has 3 aromatic rings. The minimum atomic E-state index is -1.01. The zero-order chi connectivity index (χ0) is 25.8. The highest BCUT2D eigenvalue weighted by atomic mass is 19.1. The van der Waals surface area contributed by atoms with E-state index in [9.17, 15) is 4.79 Å². The molecule has 0 N–H and O–H groups in total. The van der Waals surface area contributed by atoms with Crippen LogP contribution in [0.15, 0.2) is 12.1 Å². The van der Waals surface area contributed by atoms with Crippen molar-refractivity contribution in [2.45, 2.75) is 85.0 Å². The quantitative estimate of drug-likeness (QED) is 0.407. The topological polar surface area (TPSA) is 62.6 Å². The van der Waals surface area contributed by atoms with Gasteiger partial charge in [0.1, 0.15) is 5.65 Å². The number of rotatable bonds is 4. The molecule has 6 nitrogen and oxygen atoms in total. The van der Waals surface area contributed by atoms with Crippen LogP contribution in [0.1, 0.15) is 74.2 Å². The summed E-state index contributed by atoms with van der Waals surface area (Å²) in [6, 6.07) is 3.72. The predicted molar refractivity (Wildman–Crippen MR) is 137 cm³/mol.